The molecule has 2 aromatic heterocycles. The number of para-hydroxylation sites is 1. The van der Waals surface area contributed by atoms with Crippen LogP contribution in [0.25, 0.3) is 21.9 Å². The fourth-order valence-electron chi connectivity index (χ4n) is 3.06. The minimum Gasteiger partial charge on any atom is -0.480 e. The summed E-state index contributed by atoms with van der Waals surface area (Å²) in [4.78, 5) is 8.62. The lowest BCUT2D eigenvalue weighted by molar-refractivity contribution is 0.394. The van der Waals surface area contributed by atoms with E-state index in [2.05, 4.69) is 9.97 Å². The highest BCUT2D eigenvalue weighted by Crippen LogP contribution is 2.35. The predicted molar refractivity (Wildman–Crippen MR) is 91.4 cm³/mol. The van der Waals surface area contributed by atoms with Gasteiger partial charge in [-0.25, -0.2) is 4.98 Å². The third-order valence-electron chi connectivity index (χ3n) is 4.20. The number of benzene rings is 2. The zero-order valence-electron chi connectivity index (χ0n) is 12.6. The van der Waals surface area contributed by atoms with E-state index in [1.807, 2.05) is 66.1 Å². The lowest BCUT2D eigenvalue weighted by atomic mass is 10.1. The van der Waals surface area contributed by atoms with Crippen molar-refractivity contribution in [2.75, 3.05) is 5.73 Å². The van der Waals surface area contributed by atoms with Crippen LogP contribution in [0.1, 0.15) is 18.5 Å². The number of aromatic nitrogens is 3. The van der Waals surface area contributed by atoms with Gasteiger partial charge in [0, 0.05) is 5.39 Å². The average Bonchev–Trinajstić information content (AvgIpc) is 2.93. The zero-order valence-corrected chi connectivity index (χ0v) is 12.6. The molecular formula is C18H16N4O. The number of hydrogen-bond acceptors (Lipinski definition) is 4. The maximum Gasteiger partial charge on any atom is 0.295 e. The molecule has 4 rings (SSSR count). The van der Waals surface area contributed by atoms with Crippen LogP contribution < -0.4 is 5.73 Å². The maximum absolute atomic E-state index is 10.4. The Morgan fingerprint density at radius 1 is 1.00 bits per heavy atom. The van der Waals surface area contributed by atoms with Crippen molar-refractivity contribution in [1.29, 1.82) is 0 Å². The molecule has 0 fully saturated rings. The number of nitrogens with zero attached hydrogens (tertiary/aromatic N) is 3. The Bertz CT molecular complexity index is 1010. The first-order chi connectivity index (χ1) is 11.2. The fraction of sp³-hybridized carbons (Fsp3) is 0.111. The lowest BCUT2D eigenvalue weighted by Crippen LogP contribution is -2.06. The van der Waals surface area contributed by atoms with Crippen molar-refractivity contribution in [2.45, 2.75) is 13.0 Å². The number of anilines is 1. The summed E-state index contributed by atoms with van der Waals surface area (Å²) >= 11 is 0. The topological polar surface area (TPSA) is 77.0 Å². The van der Waals surface area contributed by atoms with Crippen LogP contribution in [-0.2, 0) is 0 Å². The molecule has 0 saturated heterocycles. The smallest absolute Gasteiger partial charge is 0.295 e. The number of imidazole rings is 1. The van der Waals surface area contributed by atoms with Crippen molar-refractivity contribution < 1.29 is 5.11 Å². The van der Waals surface area contributed by atoms with E-state index in [0.717, 1.165) is 22.0 Å². The second-order valence-electron chi connectivity index (χ2n) is 5.58. The van der Waals surface area contributed by atoms with Crippen LogP contribution in [0.3, 0.4) is 0 Å². The standard InChI is InChI=1S/C18H16N4O/c1-11(12-7-3-2-4-8-12)22-16-13-9-5-6-10-14(13)20-17(19)15(16)21-18(22)23/h2-11H,1H3,(H2,19,20)(H,21,23)/t11-/m1/s1. The molecule has 0 amide bonds. The number of nitrogens with two attached hydrogens (primary N) is 1. The molecule has 0 unspecified atom stereocenters. The Hall–Kier alpha value is -3.08. The van der Waals surface area contributed by atoms with E-state index in [0.29, 0.717) is 11.3 Å². The first-order valence-electron chi connectivity index (χ1n) is 7.47. The molecule has 23 heavy (non-hydrogen) atoms. The highest BCUT2D eigenvalue weighted by molar-refractivity contribution is 6.06. The van der Waals surface area contributed by atoms with Crippen LogP contribution in [0, 0.1) is 0 Å². The van der Waals surface area contributed by atoms with Gasteiger partial charge in [-0.05, 0) is 18.6 Å². The molecule has 3 N–H and O–H groups in total. The van der Waals surface area contributed by atoms with Crippen LogP contribution in [0.15, 0.2) is 54.6 Å². The minimum absolute atomic E-state index is 0.0544. The summed E-state index contributed by atoms with van der Waals surface area (Å²) in [6.07, 6.45) is 0. The molecule has 0 bridgehead atoms. The molecule has 0 radical (unpaired) electrons. The minimum atomic E-state index is -0.0774. The third kappa shape index (κ3) is 2.01. The van der Waals surface area contributed by atoms with E-state index in [1.165, 1.54) is 0 Å². The van der Waals surface area contributed by atoms with Gasteiger partial charge in [-0.3, -0.25) is 4.57 Å². The van der Waals surface area contributed by atoms with Crippen molar-refractivity contribution in [2.24, 2.45) is 0 Å². The number of nitrogen functional groups attached to an aromatic ring is 1. The first kappa shape index (κ1) is 13.6. The van der Waals surface area contributed by atoms with Gasteiger partial charge < -0.3 is 10.8 Å². The number of pyridine rings is 1. The molecule has 0 aliphatic rings. The summed E-state index contributed by atoms with van der Waals surface area (Å²) in [5.74, 6) is 0.327. The molecule has 5 nitrogen and oxygen atoms in total. The Labute approximate surface area is 133 Å². The zero-order chi connectivity index (χ0) is 16.0. The van der Waals surface area contributed by atoms with E-state index >= 15 is 0 Å². The van der Waals surface area contributed by atoms with Crippen LogP contribution in [-0.4, -0.2) is 19.6 Å². The second kappa shape index (κ2) is 4.98. The summed E-state index contributed by atoms with van der Waals surface area (Å²) in [6, 6.07) is 17.6. The SMILES string of the molecule is C[C@H](c1ccccc1)n1c(O)nc2c(N)nc3ccccc3c21. The van der Waals surface area contributed by atoms with Crippen molar-refractivity contribution in [3.8, 4) is 6.01 Å². The molecule has 0 aliphatic heterocycles. The Balaban J connectivity index is 2.09. The third-order valence-corrected chi connectivity index (χ3v) is 4.20. The maximum atomic E-state index is 10.4. The van der Waals surface area contributed by atoms with Crippen molar-refractivity contribution in [3.63, 3.8) is 0 Å². The summed E-state index contributed by atoms with van der Waals surface area (Å²) in [7, 11) is 0. The van der Waals surface area contributed by atoms with Gasteiger partial charge in [-0.1, -0.05) is 48.5 Å². The van der Waals surface area contributed by atoms with E-state index in [-0.39, 0.29) is 12.1 Å². The number of fused-ring (bicyclic) bond motifs is 3. The Morgan fingerprint density at radius 3 is 2.48 bits per heavy atom. The van der Waals surface area contributed by atoms with Gasteiger partial charge in [0.1, 0.15) is 5.52 Å². The monoisotopic (exact) mass is 304 g/mol. The largest absolute Gasteiger partial charge is 0.480 e. The van der Waals surface area contributed by atoms with E-state index in [9.17, 15) is 5.11 Å². The average molecular weight is 304 g/mol. The molecule has 2 aromatic carbocycles. The molecule has 5 heteroatoms. The molecule has 1 atom stereocenters. The molecule has 0 spiro atoms. The summed E-state index contributed by atoms with van der Waals surface area (Å²) in [5, 5.41) is 11.3. The van der Waals surface area contributed by atoms with Gasteiger partial charge in [-0.2, -0.15) is 4.98 Å². The molecule has 4 aromatic rings. The number of rotatable bonds is 2. The fourth-order valence-corrected chi connectivity index (χ4v) is 3.06. The Kier molecular flexibility index (Phi) is 2.94. The summed E-state index contributed by atoms with van der Waals surface area (Å²) < 4.78 is 1.81. The second-order valence-corrected chi connectivity index (χ2v) is 5.58. The quantitative estimate of drug-likeness (QED) is 0.594. The molecular weight excluding hydrogens is 288 g/mol. The number of aromatic hydroxyl groups is 1. The summed E-state index contributed by atoms with van der Waals surface area (Å²) in [6.45, 7) is 2.03. The van der Waals surface area contributed by atoms with Crippen LogP contribution >= 0.6 is 0 Å². The number of hydrogen-bond donors (Lipinski definition) is 2. The molecule has 0 saturated carbocycles. The Morgan fingerprint density at radius 2 is 1.70 bits per heavy atom. The van der Waals surface area contributed by atoms with Gasteiger partial charge in [0.15, 0.2) is 5.82 Å². The highest BCUT2D eigenvalue weighted by atomic mass is 16.3. The summed E-state index contributed by atoms with van der Waals surface area (Å²) in [5.41, 5.74) is 9.26. The normalized spacial score (nSPS) is 12.7. The van der Waals surface area contributed by atoms with Crippen LogP contribution in [0.4, 0.5) is 5.82 Å². The molecule has 0 aliphatic carbocycles. The van der Waals surface area contributed by atoms with Gasteiger partial charge in [0.25, 0.3) is 6.01 Å². The highest BCUT2D eigenvalue weighted by Gasteiger charge is 2.21. The van der Waals surface area contributed by atoms with E-state index in [1.54, 1.807) is 0 Å². The first-order valence-corrected chi connectivity index (χ1v) is 7.47. The van der Waals surface area contributed by atoms with Crippen molar-refractivity contribution in [1.82, 2.24) is 14.5 Å². The van der Waals surface area contributed by atoms with Gasteiger partial charge in [0.2, 0.25) is 0 Å². The van der Waals surface area contributed by atoms with Crippen molar-refractivity contribution in [3.05, 3.63) is 60.2 Å². The van der Waals surface area contributed by atoms with Gasteiger partial charge in [-0.15, -0.1) is 0 Å². The van der Waals surface area contributed by atoms with E-state index < -0.39 is 0 Å². The van der Waals surface area contributed by atoms with E-state index in [4.69, 9.17) is 5.73 Å². The molecule has 114 valence electrons. The predicted octanol–water partition coefficient (Wildman–Crippen LogP) is 3.48. The van der Waals surface area contributed by atoms with Crippen LogP contribution in [0.5, 0.6) is 6.01 Å². The molecule has 2 heterocycles. The van der Waals surface area contributed by atoms with Crippen LogP contribution in [0.2, 0.25) is 0 Å². The van der Waals surface area contributed by atoms with Crippen molar-refractivity contribution >= 4 is 27.8 Å². The lowest BCUT2D eigenvalue weighted by Gasteiger charge is -2.16. The van der Waals surface area contributed by atoms with Gasteiger partial charge in [0.05, 0.1) is 17.1 Å². The van der Waals surface area contributed by atoms with Gasteiger partial charge >= 0.3 is 0 Å².